The molecule has 1 aromatic rings. The Morgan fingerprint density at radius 2 is 2.27 bits per heavy atom. The lowest BCUT2D eigenvalue weighted by Crippen LogP contribution is -2.64. The number of rotatable bonds is 6. The van der Waals surface area contributed by atoms with Crippen LogP contribution in [-0.2, 0) is 21.3 Å². The molecule has 2 saturated heterocycles. The van der Waals surface area contributed by atoms with Gasteiger partial charge in [0.25, 0.3) is 0 Å². The molecule has 1 aromatic heterocycles. The summed E-state index contributed by atoms with van der Waals surface area (Å²) in [5.74, 6) is 0.432. The second-order valence-electron chi connectivity index (χ2n) is 6.32. The second kappa shape index (κ2) is 6.23. The van der Waals surface area contributed by atoms with Gasteiger partial charge in [-0.05, 0) is 30.9 Å². The number of nitrogens with one attached hydrogen (secondary N) is 1. The summed E-state index contributed by atoms with van der Waals surface area (Å²) in [5.41, 5.74) is 0.999. The molecule has 7 heteroatoms. The molecule has 0 amide bonds. The van der Waals surface area contributed by atoms with Crippen LogP contribution in [0.2, 0.25) is 0 Å². The third kappa shape index (κ3) is 3.65. The van der Waals surface area contributed by atoms with Crippen molar-refractivity contribution in [1.82, 2.24) is 14.6 Å². The van der Waals surface area contributed by atoms with Gasteiger partial charge in [0, 0.05) is 39.0 Å². The predicted octanol–water partition coefficient (Wildman–Crippen LogP) is 0.612. The molecule has 22 heavy (non-hydrogen) atoms. The molecular weight excluding hydrogens is 302 g/mol. The monoisotopic (exact) mass is 325 g/mol. The van der Waals surface area contributed by atoms with Gasteiger partial charge in [0.15, 0.2) is 0 Å². The summed E-state index contributed by atoms with van der Waals surface area (Å²) in [6.45, 7) is 3.94. The highest BCUT2D eigenvalue weighted by molar-refractivity contribution is 7.88. The average Bonchev–Trinajstić information content (AvgIpc) is 2.82. The molecule has 1 atom stereocenters. The third-order valence-electron chi connectivity index (χ3n) is 4.55. The Kier molecular flexibility index (Phi) is 4.49. The SMILES string of the molecule is CS(=O)(=O)NCC[C@@H]1CCOC12CN(Cc1ccccn1)C2. The van der Waals surface area contributed by atoms with Crippen molar-refractivity contribution in [3.63, 3.8) is 0 Å². The maximum Gasteiger partial charge on any atom is 0.208 e. The molecule has 0 bridgehead atoms. The molecule has 6 nitrogen and oxygen atoms in total. The highest BCUT2D eigenvalue weighted by Crippen LogP contribution is 2.41. The molecule has 122 valence electrons. The van der Waals surface area contributed by atoms with Gasteiger partial charge in [-0.15, -0.1) is 0 Å². The third-order valence-corrected chi connectivity index (χ3v) is 5.28. The number of hydrogen-bond acceptors (Lipinski definition) is 5. The number of pyridine rings is 1. The Morgan fingerprint density at radius 1 is 1.45 bits per heavy atom. The minimum atomic E-state index is -3.10. The molecule has 3 rings (SSSR count). The van der Waals surface area contributed by atoms with Crippen molar-refractivity contribution in [3.8, 4) is 0 Å². The zero-order chi connectivity index (χ0) is 15.6. The van der Waals surface area contributed by atoms with Gasteiger partial charge in [0.1, 0.15) is 0 Å². The van der Waals surface area contributed by atoms with E-state index in [-0.39, 0.29) is 5.60 Å². The number of hydrogen-bond donors (Lipinski definition) is 1. The number of nitrogens with zero attached hydrogens (tertiary/aromatic N) is 2. The van der Waals surface area contributed by atoms with Crippen LogP contribution in [0.15, 0.2) is 24.4 Å². The Balaban J connectivity index is 1.50. The fourth-order valence-corrected chi connectivity index (χ4v) is 3.99. The topological polar surface area (TPSA) is 71.5 Å². The van der Waals surface area contributed by atoms with Gasteiger partial charge in [-0.2, -0.15) is 0 Å². The Labute approximate surface area is 131 Å². The lowest BCUT2D eigenvalue weighted by molar-refractivity contribution is -0.137. The van der Waals surface area contributed by atoms with Gasteiger partial charge in [-0.25, -0.2) is 13.1 Å². The fourth-order valence-electron chi connectivity index (χ4n) is 3.50. The van der Waals surface area contributed by atoms with Crippen molar-refractivity contribution in [3.05, 3.63) is 30.1 Å². The van der Waals surface area contributed by atoms with Crippen LogP contribution in [0.4, 0.5) is 0 Å². The minimum absolute atomic E-state index is 0.0754. The number of likely N-dealkylation sites (tertiary alicyclic amines) is 1. The summed E-state index contributed by atoms with van der Waals surface area (Å²) in [5, 5.41) is 0. The van der Waals surface area contributed by atoms with Crippen LogP contribution in [0.25, 0.3) is 0 Å². The quantitative estimate of drug-likeness (QED) is 0.830. The Hall–Kier alpha value is -1.02. The second-order valence-corrected chi connectivity index (χ2v) is 8.15. The fraction of sp³-hybridized carbons (Fsp3) is 0.667. The highest BCUT2D eigenvalue weighted by Gasteiger charge is 2.52. The molecule has 1 spiro atoms. The first-order valence-electron chi connectivity index (χ1n) is 7.68. The van der Waals surface area contributed by atoms with E-state index in [4.69, 9.17) is 4.74 Å². The molecule has 3 heterocycles. The summed E-state index contributed by atoms with van der Waals surface area (Å²) < 4.78 is 30.9. The van der Waals surface area contributed by atoms with E-state index in [1.807, 2.05) is 24.4 Å². The maximum atomic E-state index is 11.1. The van der Waals surface area contributed by atoms with Gasteiger partial charge in [-0.1, -0.05) is 6.07 Å². The van der Waals surface area contributed by atoms with E-state index in [9.17, 15) is 8.42 Å². The van der Waals surface area contributed by atoms with Crippen molar-refractivity contribution in [2.24, 2.45) is 5.92 Å². The van der Waals surface area contributed by atoms with Gasteiger partial charge < -0.3 is 4.74 Å². The van der Waals surface area contributed by atoms with Gasteiger partial charge in [0.2, 0.25) is 10.0 Å². The first-order valence-corrected chi connectivity index (χ1v) is 9.57. The van der Waals surface area contributed by atoms with E-state index in [0.717, 1.165) is 44.8 Å². The summed E-state index contributed by atoms with van der Waals surface area (Å²) in [6, 6.07) is 5.96. The van der Waals surface area contributed by atoms with E-state index in [1.54, 1.807) is 0 Å². The maximum absolute atomic E-state index is 11.1. The predicted molar refractivity (Wildman–Crippen MR) is 83.8 cm³/mol. The van der Waals surface area contributed by atoms with E-state index in [1.165, 1.54) is 6.26 Å². The van der Waals surface area contributed by atoms with Crippen LogP contribution < -0.4 is 4.72 Å². The van der Waals surface area contributed by atoms with Gasteiger partial charge >= 0.3 is 0 Å². The highest BCUT2D eigenvalue weighted by atomic mass is 32.2. The lowest BCUT2D eigenvalue weighted by Gasteiger charge is -2.50. The normalized spacial score (nSPS) is 24.5. The standard InChI is InChI=1S/C15H23N3O3S/c1-22(19,20)17-8-5-13-6-9-21-15(13)11-18(12-15)10-14-4-2-3-7-16-14/h2-4,7,13,17H,5-6,8-12H2,1H3/t13-/m1/s1. The van der Waals surface area contributed by atoms with Crippen molar-refractivity contribution in [2.45, 2.75) is 25.0 Å². The largest absolute Gasteiger partial charge is 0.372 e. The van der Waals surface area contributed by atoms with Crippen molar-refractivity contribution < 1.29 is 13.2 Å². The van der Waals surface area contributed by atoms with Crippen molar-refractivity contribution >= 4 is 10.0 Å². The number of sulfonamides is 1. The summed E-state index contributed by atoms with van der Waals surface area (Å²) >= 11 is 0. The molecule has 0 aromatic carbocycles. The lowest BCUT2D eigenvalue weighted by atomic mass is 9.79. The van der Waals surface area contributed by atoms with Crippen LogP contribution in [-0.4, -0.2) is 56.4 Å². The van der Waals surface area contributed by atoms with Crippen LogP contribution >= 0.6 is 0 Å². The van der Waals surface area contributed by atoms with Gasteiger partial charge in [-0.3, -0.25) is 9.88 Å². The Morgan fingerprint density at radius 3 is 2.95 bits per heavy atom. The molecule has 0 radical (unpaired) electrons. The van der Waals surface area contributed by atoms with E-state index in [0.29, 0.717) is 12.5 Å². The molecule has 2 fully saturated rings. The number of aromatic nitrogens is 1. The van der Waals surface area contributed by atoms with Crippen LogP contribution in [0.5, 0.6) is 0 Å². The zero-order valence-corrected chi connectivity index (χ0v) is 13.7. The van der Waals surface area contributed by atoms with Crippen molar-refractivity contribution in [1.29, 1.82) is 0 Å². The first kappa shape index (κ1) is 15.9. The molecule has 0 saturated carbocycles. The number of ether oxygens (including phenoxy) is 1. The summed E-state index contributed by atoms with van der Waals surface area (Å²) in [7, 11) is -3.10. The Bertz CT molecular complexity index is 600. The van der Waals surface area contributed by atoms with E-state index < -0.39 is 10.0 Å². The molecule has 2 aliphatic rings. The molecule has 0 aliphatic carbocycles. The van der Waals surface area contributed by atoms with Crippen LogP contribution in [0.1, 0.15) is 18.5 Å². The smallest absolute Gasteiger partial charge is 0.208 e. The minimum Gasteiger partial charge on any atom is -0.372 e. The van der Waals surface area contributed by atoms with E-state index in [2.05, 4.69) is 14.6 Å². The van der Waals surface area contributed by atoms with Crippen molar-refractivity contribution in [2.75, 3.05) is 32.5 Å². The van der Waals surface area contributed by atoms with Gasteiger partial charge in [0.05, 0.1) is 17.6 Å². The summed E-state index contributed by atoms with van der Waals surface area (Å²) in [6.07, 6.45) is 4.87. The molecule has 0 unspecified atom stereocenters. The molecule has 2 aliphatic heterocycles. The van der Waals surface area contributed by atoms with E-state index >= 15 is 0 Å². The average molecular weight is 325 g/mol. The van der Waals surface area contributed by atoms with Crippen LogP contribution in [0.3, 0.4) is 0 Å². The summed E-state index contributed by atoms with van der Waals surface area (Å²) in [4.78, 5) is 6.69. The first-order chi connectivity index (χ1) is 10.5. The molecular formula is C15H23N3O3S. The van der Waals surface area contributed by atoms with Crippen LogP contribution in [0, 0.1) is 5.92 Å². The molecule has 1 N–H and O–H groups in total. The zero-order valence-electron chi connectivity index (χ0n) is 12.9.